The van der Waals surface area contributed by atoms with Crippen molar-refractivity contribution in [3.05, 3.63) is 41.8 Å². The summed E-state index contributed by atoms with van der Waals surface area (Å²) >= 11 is 0. The van der Waals surface area contributed by atoms with E-state index < -0.39 is 42.1 Å². The van der Waals surface area contributed by atoms with E-state index in [1.165, 1.54) is 18.2 Å². The lowest BCUT2D eigenvalue weighted by Crippen LogP contribution is -2.47. The average Bonchev–Trinajstić information content (AvgIpc) is 3.14. The molecule has 1 aliphatic rings. The van der Waals surface area contributed by atoms with Crippen LogP contribution in [0.15, 0.2) is 30.5 Å². The van der Waals surface area contributed by atoms with Gasteiger partial charge in [-0.15, -0.1) is 13.2 Å². The van der Waals surface area contributed by atoms with Gasteiger partial charge >= 0.3 is 12.5 Å². The van der Waals surface area contributed by atoms with Gasteiger partial charge in [-0.2, -0.15) is 4.98 Å². The Morgan fingerprint density at radius 2 is 2.00 bits per heavy atom. The number of amides is 1. The van der Waals surface area contributed by atoms with Crippen molar-refractivity contribution >= 4 is 17.9 Å². The van der Waals surface area contributed by atoms with Gasteiger partial charge in [-0.05, 0) is 51.8 Å². The monoisotopic (exact) mass is 514 g/mol. The third-order valence-electron chi connectivity index (χ3n) is 5.30. The van der Waals surface area contributed by atoms with E-state index in [1.807, 2.05) is 27.7 Å². The minimum Gasteiger partial charge on any atom is -0.447 e. The molecule has 2 aromatic rings. The van der Waals surface area contributed by atoms with Crippen LogP contribution in [0.25, 0.3) is 0 Å². The topological polar surface area (TPSA) is 85.8 Å². The largest absolute Gasteiger partial charge is 0.573 e. The predicted molar refractivity (Wildman–Crippen MR) is 124 cm³/mol. The Kier molecular flexibility index (Phi) is 8.27. The van der Waals surface area contributed by atoms with Gasteiger partial charge in [-0.3, -0.25) is 0 Å². The van der Waals surface area contributed by atoms with E-state index in [1.54, 1.807) is 13.0 Å². The molecule has 0 aliphatic carbocycles. The number of carbonyl (C=O) groups excluding carboxylic acids is 1. The number of ether oxygens (including phenoxy) is 3. The molecule has 2 heterocycles. The summed E-state index contributed by atoms with van der Waals surface area (Å²) in [6.45, 7) is 9.32. The van der Waals surface area contributed by atoms with Gasteiger partial charge in [0.15, 0.2) is 11.6 Å². The third-order valence-corrected chi connectivity index (χ3v) is 5.30. The highest BCUT2D eigenvalue weighted by Crippen LogP contribution is 2.31. The van der Waals surface area contributed by atoms with Gasteiger partial charge in [0, 0.05) is 0 Å². The molecule has 0 radical (unpaired) electrons. The standard InChI is InChI=1S/C24H30F4N4O4/c1-6-8-19(36-23(3,4)5)18-13-34-22(33)32(18)20-17(25)12-29-21(31-20)30-14(2)15-9-7-10-16(11-15)35-24(26,27)28/h7,9-12,14,18-19H,6,8,13H2,1-5H3,(H,29,30,31)/t14-,18+,19+/m0/s1. The van der Waals surface area contributed by atoms with Gasteiger partial charge in [0.2, 0.25) is 5.95 Å². The maximum Gasteiger partial charge on any atom is 0.573 e. The van der Waals surface area contributed by atoms with Crippen LogP contribution in [0.4, 0.5) is 34.1 Å². The molecule has 1 aliphatic heterocycles. The van der Waals surface area contributed by atoms with Crippen LogP contribution in [0, 0.1) is 5.82 Å². The fraction of sp³-hybridized carbons (Fsp3) is 0.542. The molecular formula is C24H30F4N4O4. The number of nitrogens with zero attached hydrogens (tertiary/aromatic N) is 3. The Morgan fingerprint density at radius 3 is 2.64 bits per heavy atom. The maximum absolute atomic E-state index is 14.9. The van der Waals surface area contributed by atoms with Crippen LogP contribution >= 0.6 is 0 Å². The summed E-state index contributed by atoms with van der Waals surface area (Å²) in [5.74, 6) is -1.51. The molecule has 198 valence electrons. The summed E-state index contributed by atoms with van der Waals surface area (Å²) in [5.41, 5.74) is -0.0558. The molecule has 0 spiro atoms. The van der Waals surface area contributed by atoms with Crippen molar-refractivity contribution in [1.82, 2.24) is 9.97 Å². The van der Waals surface area contributed by atoms with Crippen molar-refractivity contribution in [3.63, 3.8) is 0 Å². The molecule has 0 bridgehead atoms. The van der Waals surface area contributed by atoms with E-state index in [9.17, 15) is 22.4 Å². The Morgan fingerprint density at radius 1 is 1.28 bits per heavy atom. The summed E-state index contributed by atoms with van der Waals surface area (Å²) in [7, 11) is 0. The van der Waals surface area contributed by atoms with E-state index in [0.29, 0.717) is 12.0 Å². The van der Waals surface area contributed by atoms with Gasteiger partial charge in [-0.1, -0.05) is 25.5 Å². The smallest absolute Gasteiger partial charge is 0.447 e. The van der Waals surface area contributed by atoms with Crippen molar-refractivity contribution in [3.8, 4) is 5.75 Å². The first-order valence-corrected chi connectivity index (χ1v) is 11.6. The van der Waals surface area contributed by atoms with Crippen molar-refractivity contribution in [2.24, 2.45) is 0 Å². The molecule has 12 heteroatoms. The molecule has 1 saturated heterocycles. The van der Waals surface area contributed by atoms with Crippen molar-refractivity contribution < 1.29 is 36.6 Å². The quantitative estimate of drug-likeness (QED) is 0.411. The van der Waals surface area contributed by atoms with E-state index in [-0.39, 0.29) is 24.1 Å². The molecular weight excluding hydrogens is 484 g/mol. The Labute approximate surface area is 207 Å². The maximum atomic E-state index is 14.9. The fourth-order valence-corrected chi connectivity index (χ4v) is 3.88. The molecule has 8 nitrogen and oxygen atoms in total. The highest BCUT2D eigenvalue weighted by Gasteiger charge is 2.43. The summed E-state index contributed by atoms with van der Waals surface area (Å²) in [6, 6.07) is 4.24. The first kappa shape index (κ1) is 27.4. The molecule has 1 fully saturated rings. The highest BCUT2D eigenvalue weighted by molar-refractivity contribution is 5.89. The number of carbonyl (C=O) groups is 1. The van der Waals surface area contributed by atoms with Crippen LogP contribution < -0.4 is 15.0 Å². The summed E-state index contributed by atoms with van der Waals surface area (Å²) in [5, 5.41) is 2.93. The fourth-order valence-electron chi connectivity index (χ4n) is 3.88. The predicted octanol–water partition coefficient (Wildman–Crippen LogP) is 6.00. The molecule has 3 atom stereocenters. The second-order valence-electron chi connectivity index (χ2n) is 9.42. The Hall–Kier alpha value is -3.15. The SMILES string of the molecule is CCC[C@@H](OC(C)(C)C)[C@H]1COC(=O)N1c1nc(N[C@@H](C)c2cccc(OC(F)(F)F)c2)ncc1F. The van der Waals surface area contributed by atoms with Gasteiger partial charge < -0.3 is 19.5 Å². The lowest BCUT2D eigenvalue weighted by Gasteiger charge is -2.33. The van der Waals surface area contributed by atoms with E-state index in [2.05, 4.69) is 20.0 Å². The average molecular weight is 515 g/mol. The molecule has 0 unspecified atom stereocenters. The third kappa shape index (κ3) is 7.19. The number of benzene rings is 1. The number of hydrogen-bond donors (Lipinski definition) is 1. The second-order valence-corrected chi connectivity index (χ2v) is 9.42. The van der Waals surface area contributed by atoms with Crippen molar-refractivity contribution in [2.45, 2.75) is 77.6 Å². The van der Waals surface area contributed by atoms with Crippen LogP contribution in [-0.2, 0) is 9.47 Å². The summed E-state index contributed by atoms with van der Waals surface area (Å²) < 4.78 is 67.9. The first-order chi connectivity index (χ1) is 16.8. The van der Waals surface area contributed by atoms with Crippen LogP contribution in [-0.4, -0.2) is 46.8 Å². The Bertz CT molecular complexity index is 1060. The highest BCUT2D eigenvalue weighted by atomic mass is 19.4. The van der Waals surface area contributed by atoms with E-state index in [0.717, 1.165) is 17.5 Å². The van der Waals surface area contributed by atoms with Crippen LogP contribution in [0.2, 0.25) is 0 Å². The summed E-state index contributed by atoms with van der Waals surface area (Å²) in [6.07, 6.45) is -3.71. The molecule has 3 rings (SSSR count). The number of anilines is 2. The van der Waals surface area contributed by atoms with Crippen LogP contribution in [0.1, 0.15) is 59.1 Å². The van der Waals surface area contributed by atoms with Crippen molar-refractivity contribution in [2.75, 3.05) is 16.8 Å². The zero-order chi connectivity index (χ0) is 26.7. The molecule has 1 N–H and O–H groups in total. The first-order valence-electron chi connectivity index (χ1n) is 11.6. The number of nitrogens with one attached hydrogen (secondary N) is 1. The van der Waals surface area contributed by atoms with Gasteiger partial charge in [0.1, 0.15) is 18.4 Å². The van der Waals surface area contributed by atoms with E-state index >= 15 is 0 Å². The molecule has 1 aromatic carbocycles. The number of halogens is 4. The minimum absolute atomic E-state index is 0.00812. The van der Waals surface area contributed by atoms with Crippen LogP contribution in [0.5, 0.6) is 5.75 Å². The lowest BCUT2D eigenvalue weighted by atomic mass is 10.0. The minimum atomic E-state index is -4.82. The second kappa shape index (κ2) is 10.9. The summed E-state index contributed by atoms with van der Waals surface area (Å²) in [4.78, 5) is 21.9. The normalized spacial score (nSPS) is 18.1. The number of cyclic esters (lactones) is 1. The molecule has 36 heavy (non-hydrogen) atoms. The number of alkyl halides is 3. The van der Waals surface area contributed by atoms with Gasteiger partial charge in [0.05, 0.1) is 23.9 Å². The van der Waals surface area contributed by atoms with Gasteiger partial charge in [-0.25, -0.2) is 19.1 Å². The zero-order valence-electron chi connectivity index (χ0n) is 20.7. The van der Waals surface area contributed by atoms with E-state index in [4.69, 9.17) is 9.47 Å². The Balaban J connectivity index is 1.85. The van der Waals surface area contributed by atoms with Crippen LogP contribution in [0.3, 0.4) is 0 Å². The number of aromatic nitrogens is 2. The number of rotatable bonds is 9. The van der Waals surface area contributed by atoms with Crippen molar-refractivity contribution in [1.29, 1.82) is 0 Å². The van der Waals surface area contributed by atoms with Gasteiger partial charge in [0.25, 0.3) is 0 Å². The molecule has 1 amide bonds. The molecule has 0 saturated carbocycles. The number of hydrogen-bond acceptors (Lipinski definition) is 7. The lowest BCUT2D eigenvalue weighted by molar-refractivity contribution is -0.274. The molecule has 1 aromatic heterocycles. The zero-order valence-corrected chi connectivity index (χ0v) is 20.7.